The molecule has 0 saturated carbocycles. The van der Waals surface area contributed by atoms with Gasteiger partial charge in [0.2, 0.25) is 5.88 Å². The minimum Gasteiger partial charge on any atom is -0.475 e. The molecule has 2 aromatic heterocycles. The second-order valence-corrected chi connectivity index (χ2v) is 6.38. The fourth-order valence-electron chi connectivity index (χ4n) is 2.64. The van der Waals surface area contributed by atoms with Gasteiger partial charge < -0.3 is 10.1 Å². The number of hydrogen-bond donors (Lipinski definition) is 1. The van der Waals surface area contributed by atoms with E-state index in [1.807, 2.05) is 30.3 Å². The standard InChI is InChI=1S/C20H16ClN5O2/c21-16-8-6-15(7-9-16)20(27)22-12-13-28-18-11-10-17-23-24-19(26(17)25-18)14-4-2-1-3-5-14/h1-11H,12-13H2,(H,22,27). The second kappa shape index (κ2) is 8.06. The number of carbonyl (C=O) groups excluding carboxylic acids is 1. The first kappa shape index (κ1) is 17.9. The number of fused-ring (bicyclic) bond motifs is 1. The van der Waals surface area contributed by atoms with Gasteiger partial charge >= 0.3 is 0 Å². The van der Waals surface area contributed by atoms with Gasteiger partial charge in [-0.1, -0.05) is 41.9 Å². The Balaban J connectivity index is 1.38. The van der Waals surface area contributed by atoms with E-state index in [0.717, 1.165) is 5.56 Å². The molecule has 1 N–H and O–H groups in total. The minimum absolute atomic E-state index is 0.186. The van der Waals surface area contributed by atoms with Gasteiger partial charge in [-0.25, -0.2) is 0 Å². The van der Waals surface area contributed by atoms with Gasteiger partial charge in [-0.05, 0) is 30.3 Å². The smallest absolute Gasteiger partial charge is 0.251 e. The zero-order valence-corrected chi connectivity index (χ0v) is 15.5. The van der Waals surface area contributed by atoms with Crippen LogP contribution >= 0.6 is 11.6 Å². The first-order chi connectivity index (χ1) is 13.7. The quantitative estimate of drug-likeness (QED) is 0.508. The summed E-state index contributed by atoms with van der Waals surface area (Å²) >= 11 is 5.82. The van der Waals surface area contributed by atoms with Crippen molar-refractivity contribution in [1.82, 2.24) is 25.1 Å². The first-order valence-corrected chi connectivity index (χ1v) is 9.03. The number of carbonyl (C=O) groups is 1. The Hall–Kier alpha value is -3.45. The number of aromatic nitrogens is 4. The van der Waals surface area contributed by atoms with E-state index in [0.29, 0.717) is 34.5 Å². The predicted molar refractivity (Wildman–Crippen MR) is 105 cm³/mol. The van der Waals surface area contributed by atoms with Crippen molar-refractivity contribution in [1.29, 1.82) is 0 Å². The third kappa shape index (κ3) is 3.94. The summed E-state index contributed by atoms with van der Waals surface area (Å²) in [5.74, 6) is 0.871. The van der Waals surface area contributed by atoms with Crippen LogP contribution in [-0.4, -0.2) is 38.9 Å². The van der Waals surface area contributed by atoms with E-state index in [9.17, 15) is 4.79 Å². The highest BCUT2D eigenvalue weighted by molar-refractivity contribution is 6.30. The zero-order valence-electron chi connectivity index (χ0n) is 14.7. The maximum Gasteiger partial charge on any atom is 0.251 e. The molecule has 0 radical (unpaired) electrons. The SMILES string of the molecule is O=C(NCCOc1ccc2nnc(-c3ccccc3)n2n1)c1ccc(Cl)cc1. The molecule has 0 spiro atoms. The highest BCUT2D eigenvalue weighted by Crippen LogP contribution is 2.18. The Bertz CT molecular complexity index is 1100. The number of hydrogen-bond acceptors (Lipinski definition) is 5. The molecule has 4 aromatic rings. The maximum atomic E-state index is 12.1. The molecule has 7 nitrogen and oxygen atoms in total. The van der Waals surface area contributed by atoms with E-state index in [-0.39, 0.29) is 12.5 Å². The van der Waals surface area contributed by atoms with Gasteiger partial charge in [0.05, 0.1) is 6.54 Å². The van der Waals surface area contributed by atoms with Crippen molar-refractivity contribution in [3.8, 4) is 17.3 Å². The Morgan fingerprint density at radius 3 is 2.57 bits per heavy atom. The topological polar surface area (TPSA) is 81.4 Å². The number of rotatable bonds is 6. The fourth-order valence-corrected chi connectivity index (χ4v) is 2.77. The van der Waals surface area contributed by atoms with Gasteiger partial charge in [-0.3, -0.25) is 4.79 Å². The van der Waals surface area contributed by atoms with Crippen LogP contribution < -0.4 is 10.1 Å². The van der Waals surface area contributed by atoms with Gasteiger partial charge in [0, 0.05) is 22.2 Å². The largest absolute Gasteiger partial charge is 0.475 e. The molecule has 0 atom stereocenters. The lowest BCUT2D eigenvalue weighted by molar-refractivity contribution is 0.0946. The van der Waals surface area contributed by atoms with Crippen LogP contribution in [0.3, 0.4) is 0 Å². The molecular formula is C20H16ClN5O2. The summed E-state index contributed by atoms with van der Waals surface area (Å²) in [6.07, 6.45) is 0. The van der Waals surface area contributed by atoms with Crippen LogP contribution in [0.25, 0.3) is 17.0 Å². The molecule has 8 heteroatoms. The van der Waals surface area contributed by atoms with Gasteiger partial charge in [-0.15, -0.1) is 15.3 Å². The van der Waals surface area contributed by atoms with Crippen molar-refractivity contribution < 1.29 is 9.53 Å². The summed E-state index contributed by atoms with van der Waals surface area (Å²) in [5, 5.41) is 16.1. The molecule has 0 fully saturated rings. The zero-order chi connectivity index (χ0) is 19.3. The molecule has 0 bridgehead atoms. The molecule has 28 heavy (non-hydrogen) atoms. The Morgan fingerprint density at radius 2 is 1.79 bits per heavy atom. The molecule has 0 aliphatic rings. The van der Waals surface area contributed by atoms with Crippen LogP contribution in [0, 0.1) is 0 Å². The molecule has 4 rings (SSSR count). The number of ether oxygens (including phenoxy) is 1. The lowest BCUT2D eigenvalue weighted by Gasteiger charge is -2.08. The summed E-state index contributed by atoms with van der Waals surface area (Å²) in [7, 11) is 0. The molecule has 1 amide bonds. The predicted octanol–water partition coefficient (Wildman–Crippen LogP) is 3.25. The summed E-state index contributed by atoms with van der Waals surface area (Å²) in [4.78, 5) is 12.1. The van der Waals surface area contributed by atoms with Crippen LogP contribution in [0.4, 0.5) is 0 Å². The van der Waals surface area contributed by atoms with Crippen molar-refractivity contribution in [3.63, 3.8) is 0 Å². The Labute approximate surface area is 165 Å². The summed E-state index contributed by atoms with van der Waals surface area (Å²) in [6, 6.07) is 19.9. The van der Waals surface area contributed by atoms with E-state index in [1.165, 1.54) is 0 Å². The Morgan fingerprint density at radius 1 is 1.00 bits per heavy atom. The lowest BCUT2D eigenvalue weighted by Crippen LogP contribution is -2.28. The third-order valence-electron chi connectivity index (χ3n) is 4.01. The summed E-state index contributed by atoms with van der Waals surface area (Å²) in [5.41, 5.74) is 2.08. The summed E-state index contributed by atoms with van der Waals surface area (Å²) < 4.78 is 7.29. The first-order valence-electron chi connectivity index (χ1n) is 8.65. The molecule has 0 aliphatic carbocycles. The van der Waals surface area contributed by atoms with Crippen molar-refractivity contribution in [3.05, 3.63) is 77.3 Å². The lowest BCUT2D eigenvalue weighted by atomic mass is 10.2. The maximum absolute atomic E-state index is 12.1. The minimum atomic E-state index is -0.186. The van der Waals surface area contributed by atoms with Crippen LogP contribution in [0.1, 0.15) is 10.4 Å². The van der Waals surface area contributed by atoms with E-state index in [2.05, 4.69) is 20.6 Å². The van der Waals surface area contributed by atoms with Gasteiger partial charge in [-0.2, -0.15) is 4.52 Å². The molecule has 2 heterocycles. The average Bonchev–Trinajstić information content (AvgIpc) is 3.15. The third-order valence-corrected chi connectivity index (χ3v) is 4.27. The number of nitrogens with zero attached hydrogens (tertiary/aromatic N) is 4. The van der Waals surface area contributed by atoms with Crippen LogP contribution in [-0.2, 0) is 0 Å². The van der Waals surface area contributed by atoms with E-state index in [4.69, 9.17) is 16.3 Å². The van der Waals surface area contributed by atoms with Crippen LogP contribution in [0.5, 0.6) is 5.88 Å². The van der Waals surface area contributed by atoms with Crippen molar-refractivity contribution in [2.75, 3.05) is 13.2 Å². The van der Waals surface area contributed by atoms with Crippen molar-refractivity contribution >= 4 is 23.2 Å². The van der Waals surface area contributed by atoms with Crippen LogP contribution in [0.2, 0.25) is 5.02 Å². The Kier molecular flexibility index (Phi) is 5.16. The van der Waals surface area contributed by atoms with Gasteiger partial charge in [0.15, 0.2) is 11.5 Å². The fraction of sp³-hybridized carbons (Fsp3) is 0.100. The highest BCUT2D eigenvalue weighted by atomic mass is 35.5. The molecule has 0 unspecified atom stereocenters. The molecule has 0 aliphatic heterocycles. The molecule has 0 saturated heterocycles. The van der Waals surface area contributed by atoms with Crippen LogP contribution in [0.15, 0.2) is 66.7 Å². The number of benzene rings is 2. The molecular weight excluding hydrogens is 378 g/mol. The average molecular weight is 394 g/mol. The van der Waals surface area contributed by atoms with E-state index in [1.54, 1.807) is 40.9 Å². The number of nitrogens with one attached hydrogen (secondary N) is 1. The number of amides is 1. The van der Waals surface area contributed by atoms with Crippen molar-refractivity contribution in [2.24, 2.45) is 0 Å². The van der Waals surface area contributed by atoms with E-state index >= 15 is 0 Å². The second-order valence-electron chi connectivity index (χ2n) is 5.94. The van der Waals surface area contributed by atoms with Crippen molar-refractivity contribution in [2.45, 2.75) is 0 Å². The monoisotopic (exact) mass is 393 g/mol. The van der Waals surface area contributed by atoms with Gasteiger partial charge in [0.1, 0.15) is 6.61 Å². The normalized spacial score (nSPS) is 10.8. The van der Waals surface area contributed by atoms with E-state index < -0.39 is 0 Å². The molecule has 2 aromatic carbocycles. The van der Waals surface area contributed by atoms with Gasteiger partial charge in [0.25, 0.3) is 5.91 Å². The molecule has 140 valence electrons. The highest BCUT2D eigenvalue weighted by Gasteiger charge is 2.10. The summed E-state index contributed by atoms with van der Waals surface area (Å²) in [6.45, 7) is 0.621. The number of halogens is 1.